The molecule has 2 N–H and O–H groups in total. The summed E-state index contributed by atoms with van der Waals surface area (Å²) < 4.78 is 0. The van der Waals surface area contributed by atoms with E-state index in [2.05, 4.69) is 5.32 Å². The number of aliphatic carboxylic acids is 1. The molecule has 6 heteroatoms. The van der Waals surface area contributed by atoms with E-state index in [1.54, 1.807) is 24.3 Å². The van der Waals surface area contributed by atoms with Crippen molar-refractivity contribution in [3.63, 3.8) is 0 Å². The van der Waals surface area contributed by atoms with Crippen molar-refractivity contribution in [2.45, 2.75) is 31.7 Å². The number of nitrogens with zero attached hydrogens (tertiary/aromatic N) is 1. The van der Waals surface area contributed by atoms with Crippen molar-refractivity contribution >= 4 is 29.2 Å². The fourth-order valence-corrected chi connectivity index (χ4v) is 2.70. The first-order valence-corrected chi connectivity index (χ1v) is 7.34. The summed E-state index contributed by atoms with van der Waals surface area (Å²) in [6.45, 7) is 2.24. The molecule has 5 nitrogen and oxygen atoms in total. The lowest BCUT2D eigenvalue weighted by atomic mass is 9.89. The molecule has 114 valence electrons. The molecule has 1 saturated heterocycles. The van der Waals surface area contributed by atoms with Gasteiger partial charge in [-0.3, -0.25) is 14.5 Å². The average Bonchev–Trinajstić information content (AvgIpc) is 2.46. The van der Waals surface area contributed by atoms with Gasteiger partial charge in [0.2, 0.25) is 5.91 Å². The molecule has 2 rings (SSSR count). The van der Waals surface area contributed by atoms with Gasteiger partial charge in [0.15, 0.2) is 0 Å². The van der Waals surface area contributed by atoms with E-state index in [9.17, 15) is 9.59 Å². The van der Waals surface area contributed by atoms with E-state index in [1.807, 2.05) is 6.92 Å². The van der Waals surface area contributed by atoms with Crippen molar-refractivity contribution in [1.82, 2.24) is 5.32 Å². The fraction of sp³-hybridized carbons (Fsp3) is 0.467. The molecule has 0 aliphatic carbocycles. The van der Waals surface area contributed by atoms with Crippen molar-refractivity contribution in [2.24, 2.45) is 0 Å². The number of nitrogens with one attached hydrogen (secondary N) is 1. The summed E-state index contributed by atoms with van der Waals surface area (Å²) in [5.41, 5.74) is -0.173. The summed E-state index contributed by atoms with van der Waals surface area (Å²) >= 11 is 5.85. The van der Waals surface area contributed by atoms with Gasteiger partial charge in [-0.2, -0.15) is 0 Å². The van der Waals surface area contributed by atoms with E-state index in [0.717, 1.165) is 19.4 Å². The molecule has 1 unspecified atom stereocenters. The number of anilines is 1. The standard InChI is InChI=1S/C15H19ClN2O3/c1-15(8-2-3-9-17-15)14(21)18(10-13(19)20)12-6-4-11(16)5-7-12/h4-7,17H,2-3,8-10H2,1H3,(H,19,20). The Labute approximate surface area is 128 Å². The zero-order chi connectivity index (χ0) is 15.5. The van der Waals surface area contributed by atoms with E-state index < -0.39 is 11.5 Å². The van der Waals surface area contributed by atoms with Gasteiger partial charge >= 0.3 is 5.97 Å². The van der Waals surface area contributed by atoms with Gasteiger partial charge < -0.3 is 10.4 Å². The monoisotopic (exact) mass is 310 g/mol. The number of halogens is 1. The molecule has 1 aliphatic heterocycles. The Bertz CT molecular complexity index is 524. The highest BCUT2D eigenvalue weighted by Crippen LogP contribution is 2.25. The van der Waals surface area contributed by atoms with E-state index in [0.29, 0.717) is 17.1 Å². The number of carbonyl (C=O) groups excluding carboxylic acids is 1. The molecule has 1 fully saturated rings. The molecule has 1 amide bonds. The Kier molecular flexibility index (Phi) is 4.85. The van der Waals surface area contributed by atoms with Crippen LogP contribution < -0.4 is 10.2 Å². The molecule has 1 heterocycles. The van der Waals surface area contributed by atoms with Crippen LogP contribution >= 0.6 is 11.6 Å². The van der Waals surface area contributed by atoms with E-state index in [-0.39, 0.29) is 12.5 Å². The van der Waals surface area contributed by atoms with Gasteiger partial charge in [-0.05, 0) is 57.0 Å². The molecular formula is C15H19ClN2O3. The van der Waals surface area contributed by atoms with Crippen LogP contribution in [0.15, 0.2) is 24.3 Å². The van der Waals surface area contributed by atoms with Gasteiger partial charge in [0.05, 0.1) is 5.54 Å². The Morgan fingerprint density at radius 3 is 2.52 bits per heavy atom. The van der Waals surface area contributed by atoms with E-state index in [4.69, 9.17) is 16.7 Å². The summed E-state index contributed by atoms with van der Waals surface area (Å²) in [5, 5.41) is 12.9. The Hall–Kier alpha value is -1.59. The highest BCUT2D eigenvalue weighted by Gasteiger charge is 2.38. The lowest BCUT2D eigenvalue weighted by Crippen LogP contribution is -2.59. The maximum absolute atomic E-state index is 12.8. The smallest absolute Gasteiger partial charge is 0.323 e. The van der Waals surface area contributed by atoms with Crippen LogP contribution in [0.3, 0.4) is 0 Å². The van der Waals surface area contributed by atoms with Gasteiger partial charge in [-0.25, -0.2) is 0 Å². The van der Waals surface area contributed by atoms with Crippen LogP contribution in [0.2, 0.25) is 5.02 Å². The maximum Gasteiger partial charge on any atom is 0.323 e. The Morgan fingerprint density at radius 1 is 1.33 bits per heavy atom. The number of carbonyl (C=O) groups is 2. The Balaban J connectivity index is 2.28. The third-order valence-electron chi connectivity index (χ3n) is 3.77. The van der Waals surface area contributed by atoms with Gasteiger partial charge in [0.1, 0.15) is 6.54 Å². The summed E-state index contributed by atoms with van der Waals surface area (Å²) in [5.74, 6) is -1.26. The number of hydrogen-bond acceptors (Lipinski definition) is 3. The zero-order valence-corrected chi connectivity index (χ0v) is 12.7. The molecule has 1 aliphatic rings. The number of benzene rings is 1. The molecule has 0 radical (unpaired) electrons. The van der Waals surface area contributed by atoms with Gasteiger partial charge in [-0.1, -0.05) is 11.6 Å². The van der Waals surface area contributed by atoms with Crippen molar-refractivity contribution in [2.75, 3.05) is 18.0 Å². The van der Waals surface area contributed by atoms with Gasteiger partial charge in [0, 0.05) is 10.7 Å². The second-order valence-electron chi connectivity index (χ2n) is 5.48. The van der Waals surface area contributed by atoms with Crippen LogP contribution in [-0.4, -0.2) is 35.6 Å². The van der Waals surface area contributed by atoms with Crippen molar-refractivity contribution in [3.05, 3.63) is 29.3 Å². The van der Waals surface area contributed by atoms with Crippen LogP contribution in [0, 0.1) is 0 Å². The predicted molar refractivity (Wildman–Crippen MR) is 81.7 cm³/mol. The maximum atomic E-state index is 12.8. The number of carboxylic acid groups (broad SMARTS) is 1. The molecule has 0 bridgehead atoms. The molecule has 0 spiro atoms. The predicted octanol–water partition coefficient (Wildman–Crippen LogP) is 2.29. The number of piperidine rings is 1. The molecule has 1 aromatic rings. The first kappa shape index (κ1) is 15.8. The number of amides is 1. The second-order valence-corrected chi connectivity index (χ2v) is 5.91. The molecule has 1 aromatic carbocycles. The van der Waals surface area contributed by atoms with E-state index in [1.165, 1.54) is 4.90 Å². The third-order valence-corrected chi connectivity index (χ3v) is 4.02. The number of hydrogen-bond donors (Lipinski definition) is 2. The van der Waals surface area contributed by atoms with Crippen LogP contribution in [0.25, 0.3) is 0 Å². The minimum absolute atomic E-state index is 0.216. The molecule has 21 heavy (non-hydrogen) atoms. The molecule has 0 aromatic heterocycles. The lowest BCUT2D eigenvalue weighted by molar-refractivity contribution is -0.137. The minimum atomic E-state index is -1.04. The zero-order valence-electron chi connectivity index (χ0n) is 11.9. The largest absolute Gasteiger partial charge is 0.480 e. The molecule has 1 atom stereocenters. The summed E-state index contributed by atoms with van der Waals surface area (Å²) in [6, 6.07) is 6.62. The highest BCUT2D eigenvalue weighted by atomic mass is 35.5. The average molecular weight is 311 g/mol. The van der Waals surface area contributed by atoms with Crippen LogP contribution in [0.1, 0.15) is 26.2 Å². The second kappa shape index (κ2) is 6.45. The topological polar surface area (TPSA) is 69.6 Å². The summed E-state index contributed by atoms with van der Waals surface area (Å²) in [6.07, 6.45) is 2.69. The van der Waals surface area contributed by atoms with Gasteiger partial charge in [0.25, 0.3) is 0 Å². The van der Waals surface area contributed by atoms with Gasteiger partial charge in [-0.15, -0.1) is 0 Å². The van der Waals surface area contributed by atoms with Crippen molar-refractivity contribution in [1.29, 1.82) is 0 Å². The van der Waals surface area contributed by atoms with Crippen molar-refractivity contribution in [3.8, 4) is 0 Å². The highest BCUT2D eigenvalue weighted by molar-refractivity contribution is 6.30. The first-order chi connectivity index (χ1) is 9.92. The number of rotatable bonds is 4. The normalized spacial score (nSPS) is 21.8. The quantitative estimate of drug-likeness (QED) is 0.895. The fourth-order valence-electron chi connectivity index (χ4n) is 2.57. The first-order valence-electron chi connectivity index (χ1n) is 6.97. The molecule has 0 saturated carbocycles. The SMILES string of the molecule is CC1(C(=O)N(CC(=O)O)c2ccc(Cl)cc2)CCCCN1. The van der Waals surface area contributed by atoms with Crippen LogP contribution in [0.4, 0.5) is 5.69 Å². The number of carboxylic acids is 1. The molecular weight excluding hydrogens is 292 g/mol. The van der Waals surface area contributed by atoms with Crippen LogP contribution in [-0.2, 0) is 9.59 Å². The van der Waals surface area contributed by atoms with E-state index >= 15 is 0 Å². The lowest BCUT2D eigenvalue weighted by Gasteiger charge is -2.37. The minimum Gasteiger partial charge on any atom is -0.480 e. The third kappa shape index (κ3) is 3.74. The van der Waals surface area contributed by atoms with Crippen molar-refractivity contribution < 1.29 is 14.7 Å². The summed E-state index contributed by atoms with van der Waals surface area (Å²) in [7, 11) is 0. The summed E-state index contributed by atoms with van der Waals surface area (Å²) in [4.78, 5) is 25.2. The van der Waals surface area contributed by atoms with Crippen LogP contribution in [0.5, 0.6) is 0 Å². The Morgan fingerprint density at radius 2 is 2.00 bits per heavy atom.